The van der Waals surface area contributed by atoms with Gasteiger partial charge in [0.05, 0.1) is 5.56 Å². The Morgan fingerprint density at radius 1 is 1.50 bits per heavy atom. The van der Waals surface area contributed by atoms with Gasteiger partial charge in [0.15, 0.2) is 6.29 Å². The molecule has 0 atom stereocenters. The van der Waals surface area contributed by atoms with Crippen molar-refractivity contribution in [3.8, 4) is 0 Å². The average molecular weight is 164 g/mol. The summed E-state index contributed by atoms with van der Waals surface area (Å²) in [5, 5.41) is 8.72. The molecule has 1 aromatic rings. The molecule has 0 radical (unpaired) electrons. The molecule has 0 aromatic heterocycles. The van der Waals surface area contributed by atoms with E-state index in [0.29, 0.717) is 11.8 Å². The first-order chi connectivity index (χ1) is 5.66. The van der Waals surface area contributed by atoms with E-state index in [0.717, 1.165) is 0 Å². The molecule has 0 spiro atoms. The topological polar surface area (TPSA) is 54.4 Å². The third-order valence-electron chi connectivity index (χ3n) is 1.65. The maximum Gasteiger partial charge on any atom is 0.336 e. The first-order valence-corrected chi connectivity index (χ1v) is 3.45. The van der Waals surface area contributed by atoms with Gasteiger partial charge in [0.2, 0.25) is 0 Å². The predicted molar refractivity (Wildman–Crippen MR) is 43.5 cm³/mol. The van der Waals surface area contributed by atoms with Gasteiger partial charge in [-0.2, -0.15) is 0 Å². The van der Waals surface area contributed by atoms with Crippen molar-refractivity contribution < 1.29 is 14.7 Å². The third kappa shape index (κ3) is 1.34. The van der Waals surface area contributed by atoms with Crippen molar-refractivity contribution in [1.82, 2.24) is 0 Å². The summed E-state index contributed by atoms with van der Waals surface area (Å²) in [6, 6.07) is 4.81. The van der Waals surface area contributed by atoms with Gasteiger partial charge in [-0.1, -0.05) is 18.2 Å². The molecule has 0 fully saturated rings. The number of aryl methyl sites for hydroxylation is 1. The zero-order valence-electron chi connectivity index (χ0n) is 6.57. The molecule has 3 nitrogen and oxygen atoms in total. The Balaban J connectivity index is 3.39. The number of carbonyl (C=O) groups is 2. The molecule has 0 unspecified atom stereocenters. The van der Waals surface area contributed by atoms with Gasteiger partial charge in [0.1, 0.15) is 0 Å². The normalized spacial score (nSPS) is 9.42. The van der Waals surface area contributed by atoms with Crippen molar-refractivity contribution in [2.75, 3.05) is 0 Å². The average Bonchev–Trinajstić information content (AvgIpc) is 2.03. The van der Waals surface area contributed by atoms with Gasteiger partial charge in [-0.25, -0.2) is 4.79 Å². The molecule has 0 aliphatic rings. The largest absolute Gasteiger partial charge is 0.478 e. The monoisotopic (exact) mass is 164 g/mol. The molecule has 0 bridgehead atoms. The molecular formula is C9H8O3. The lowest BCUT2D eigenvalue weighted by molar-refractivity contribution is 0.0693. The Labute approximate surface area is 69.6 Å². The van der Waals surface area contributed by atoms with E-state index in [2.05, 4.69) is 0 Å². The van der Waals surface area contributed by atoms with Crippen LogP contribution >= 0.6 is 0 Å². The van der Waals surface area contributed by atoms with E-state index in [-0.39, 0.29) is 11.1 Å². The zero-order valence-corrected chi connectivity index (χ0v) is 6.57. The highest BCUT2D eigenvalue weighted by Crippen LogP contribution is 2.11. The summed E-state index contributed by atoms with van der Waals surface area (Å²) in [5.41, 5.74) is 0.919. The SMILES string of the molecule is Cc1cccc(C=O)c1C(=O)O. The van der Waals surface area contributed by atoms with Gasteiger partial charge in [-0.05, 0) is 12.5 Å². The van der Waals surface area contributed by atoms with Crippen LogP contribution in [0.2, 0.25) is 0 Å². The number of hydrogen-bond donors (Lipinski definition) is 1. The Kier molecular flexibility index (Phi) is 2.24. The lowest BCUT2D eigenvalue weighted by Gasteiger charge is -2.01. The number of aldehydes is 1. The number of hydrogen-bond acceptors (Lipinski definition) is 2. The minimum Gasteiger partial charge on any atom is -0.478 e. The summed E-state index contributed by atoms with van der Waals surface area (Å²) in [5.74, 6) is -1.06. The smallest absolute Gasteiger partial charge is 0.336 e. The summed E-state index contributed by atoms with van der Waals surface area (Å²) in [6.45, 7) is 1.66. The molecule has 0 amide bonds. The lowest BCUT2D eigenvalue weighted by atomic mass is 10.0. The first-order valence-electron chi connectivity index (χ1n) is 3.45. The van der Waals surface area contributed by atoms with E-state index in [9.17, 15) is 9.59 Å². The van der Waals surface area contributed by atoms with Crippen molar-refractivity contribution in [3.05, 3.63) is 34.9 Å². The van der Waals surface area contributed by atoms with Crippen molar-refractivity contribution in [3.63, 3.8) is 0 Å². The lowest BCUT2D eigenvalue weighted by Crippen LogP contribution is -2.04. The van der Waals surface area contributed by atoms with E-state index < -0.39 is 5.97 Å². The van der Waals surface area contributed by atoms with E-state index in [4.69, 9.17) is 5.11 Å². The predicted octanol–water partition coefficient (Wildman–Crippen LogP) is 1.51. The van der Waals surface area contributed by atoms with Crippen LogP contribution in [-0.2, 0) is 0 Å². The van der Waals surface area contributed by atoms with Gasteiger partial charge < -0.3 is 5.11 Å². The number of carboxylic acid groups (broad SMARTS) is 1. The minimum atomic E-state index is -1.06. The summed E-state index contributed by atoms with van der Waals surface area (Å²) >= 11 is 0. The number of carbonyl (C=O) groups excluding carboxylic acids is 1. The van der Waals surface area contributed by atoms with Gasteiger partial charge in [-0.15, -0.1) is 0 Å². The molecule has 0 heterocycles. The van der Waals surface area contributed by atoms with Gasteiger partial charge >= 0.3 is 5.97 Å². The second-order valence-corrected chi connectivity index (χ2v) is 2.46. The number of benzene rings is 1. The fourth-order valence-electron chi connectivity index (χ4n) is 1.08. The molecular weight excluding hydrogens is 156 g/mol. The highest BCUT2D eigenvalue weighted by atomic mass is 16.4. The first kappa shape index (κ1) is 8.46. The fourth-order valence-corrected chi connectivity index (χ4v) is 1.08. The Morgan fingerprint density at radius 2 is 2.17 bits per heavy atom. The quantitative estimate of drug-likeness (QED) is 0.674. The van der Waals surface area contributed by atoms with Crippen LogP contribution in [0.1, 0.15) is 26.3 Å². The highest BCUT2D eigenvalue weighted by molar-refractivity contribution is 5.98. The van der Waals surface area contributed by atoms with Crippen LogP contribution in [0.25, 0.3) is 0 Å². The highest BCUT2D eigenvalue weighted by Gasteiger charge is 2.11. The van der Waals surface area contributed by atoms with E-state index in [1.54, 1.807) is 19.1 Å². The Morgan fingerprint density at radius 3 is 2.58 bits per heavy atom. The number of rotatable bonds is 2. The Bertz CT molecular complexity index is 329. The van der Waals surface area contributed by atoms with Crippen LogP contribution in [0, 0.1) is 6.92 Å². The van der Waals surface area contributed by atoms with Crippen LogP contribution in [0.15, 0.2) is 18.2 Å². The van der Waals surface area contributed by atoms with Crippen LogP contribution in [0.4, 0.5) is 0 Å². The molecule has 1 N–H and O–H groups in total. The maximum atomic E-state index is 10.6. The molecule has 0 aliphatic heterocycles. The van der Waals surface area contributed by atoms with Crippen molar-refractivity contribution in [2.45, 2.75) is 6.92 Å². The van der Waals surface area contributed by atoms with Crippen LogP contribution < -0.4 is 0 Å². The molecule has 62 valence electrons. The summed E-state index contributed by atoms with van der Waals surface area (Å²) in [7, 11) is 0. The summed E-state index contributed by atoms with van der Waals surface area (Å²) in [4.78, 5) is 21.1. The van der Waals surface area contributed by atoms with E-state index in [1.807, 2.05) is 0 Å². The maximum absolute atomic E-state index is 10.6. The second kappa shape index (κ2) is 3.17. The molecule has 0 aliphatic carbocycles. The molecule has 1 aromatic carbocycles. The van der Waals surface area contributed by atoms with E-state index >= 15 is 0 Å². The minimum absolute atomic E-state index is 0.0903. The van der Waals surface area contributed by atoms with Gasteiger partial charge in [0.25, 0.3) is 0 Å². The van der Waals surface area contributed by atoms with Gasteiger partial charge in [-0.3, -0.25) is 4.79 Å². The fraction of sp³-hybridized carbons (Fsp3) is 0.111. The number of aromatic carboxylic acids is 1. The van der Waals surface area contributed by atoms with Crippen molar-refractivity contribution in [2.24, 2.45) is 0 Å². The molecule has 0 saturated heterocycles. The van der Waals surface area contributed by atoms with Crippen LogP contribution in [0.5, 0.6) is 0 Å². The third-order valence-corrected chi connectivity index (χ3v) is 1.65. The molecule has 0 saturated carbocycles. The summed E-state index contributed by atoms with van der Waals surface area (Å²) < 4.78 is 0. The standard InChI is InChI=1S/C9H8O3/c1-6-3-2-4-7(5-10)8(6)9(11)12/h2-5H,1H3,(H,11,12). The van der Waals surface area contributed by atoms with Crippen LogP contribution in [0.3, 0.4) is 0 Å². The van der Waals surface area contributed by atoms with Gasteiger partial charge in [0, 0.05) is 5.56 Å². The molecule has 1 rings (SSSR count). The molecule has 3 heteroatoms. The second-order valence-electron chi connectivity index (χ2n) is 2.46. The molecule has 12 heavy (non-hydrogen) atoms. The van der Waals surface area contributed by atoms with Crippen molar-refractivity contribution in [1.29, 1.82) is 0 Å². The Hall–Kier alpha value is -1.64. The van der Waals surface area contributed by atoms with Crippen LogP contribution in [-0.4, -0.2) is 17.4 Å². The summed E-state index contributed by atoms with van der Waals surface area (Å²) in [6.07, 6.45) is 0.552. The number of carboxylic acids is 1. The van der Waals surface area contributed by atoms with Crippen molar-refractivity contribution >= 4 is 12.3 Å². The van der Waals surface area contributed by atoms with E-state index in [1.165, 1.54) is 6.07 Å². The zero-order chi connectivity index (χ0) is 9.14.